The summed E-state index contributed by atoms with van der Waals surface area (Å²) in [5, 5.41) is 1.78. The van der Waals surface area contributed by atoms with Crippen molar-refractivity contribution in [3.05, 3.63) is 23.4 Å². The van der Waals surface area contributed by atoms with E-state index < -0.39 is 0 Å². The molecule has 80 valence electrons. The summed E-state index contributed by atoms with van der Waals surface area (Å²) in [6, 6.07) is 6.08. The van der Waals surface area contributed by atoms with Gasteiger partial charge in [0.15, 0.2) is 0 Å². The highest BCUT2D eigenvalue weighted by atomic mass is 35.5. The molecule has 0 radical (unpaired) electrons. The second-order valence-corrected chi connectivity index (χ2v) is 6.11. The van der Waals surface area contributed by atoms with Gasteiger partial charge in [-0.15, -0.1) is 23.1 Å². The smallest absolute Gasteiger partial charge is 0.130 e. The summed E-state index contributed by atoms with van der Waals surface area (Å²) in [5.74, 6) is 1.19. The van der Waals surface area contributed by atoms with E-state index in [0.717, 1.165) is 4.83 Å². The average molecular weight is 258 g/mol. The summed E-state index contributed by atoms with van der Waals surface area (Å²) in [4.78, 5) is 5.34. The molecule has 0 N–H and O–H groups in total. The average Bonchev–Trinajstić information content (AvgIpc) is 2.60. The zero-order chi connectivity index (χ0) is 10.7. The van der Waals surface area contributed by atoms with E-state index in [0.29, 0.717) is 5.15 Å². The normalized spacial score (nSPS) is 11.1. The SMILES string of the molecule is CCCCSc1cc2ccc(Cl)nc2s1. The molecule has 0 aliphatic carbocycles. The van der Waals surface area contributed by atoms with Crippen molar-refractivity contribution in [2.45, 2.75) is 24.0 Å². The lowest BCUT2D eigenvalue weighted by atomic mass is 10.4. The standard InChI is InChI=1S/C11H12ClNS2/c1-2-3-6-14-10-7-8-4-5-9(12)13-11(8)15-10/h4-5,7H,2-3,6H2,1H3. The molecule has 0 aromatic carbocycles. The van der Waals surface area contributed by atoms with Crippen LogP contribution in [-0.2, 0) is 0 Å². The topological polar surface area (TPSA) is 12.9 Å². The number of fused-ring (bicyclic) bond motifs is 1. The molecule has 0 amide bonds. The Kier molecular flexibility index (Phi) is 3.89. The minimum absolute atomic E-state index is 0.578. The zero-order valence-corrected chi connectivity index (χ0v) is 10.9. The van der Waals surface area contributed by atoms with Gasteiger partial charge in [0.05, 0.1) is 4.21 Å². The monoisotopic (exact) mass is 257 g/mol. The summed E-state index contributed by atoms with van der Waals surface area (Å²) in [7, 11) is 0. The number of hydrogen-bond acceptors (Lipinski definition) is 3. The van der Waals surface area contributed by atoms with Crippen LogP contribution < -0.4 is 0 Å². The first-order valence-corrected chi connectivity index (χ1v) is 7.16. The highest BCUT2D eigenvalue weighted by Crippen LogP contribution is 2.32. The van der Waals surface area contributed by atoms with E-state index in [1.54, 1.807) is 11.3 Å². The van der Waals surface area contributed by atoms with E-state index in [1.807, 2.05) is 23.9 Å². The van der Waals surface area contributed by atoms with Gasteiger partial charge in [0.2, 0.25) is 0 Å². The van der Waals surface area contributed by atoms with Gasteiger partial charge in [-0.1, -0.05) is 24.9 Å². The molecule has 2 heterocycles. The molecule has 0 spiro atoms. The van der Waals surface area contributed by atoms with Crippen molar-refractivity contribution in [2.24, 2.45) is 0 Å². The Labute approximate surface area is 103 Å². The number of halogens is 1. The van der Waals surface area contributed by atoms with Gasteiger partial charge in [-0.2, -0.15) is 0 Å². The molecular weight excluding hydrogens is 246 g/mol. The van der Waals surface area contributed by atoms with Crippen molar-refractivity contribution in [3.63, 3.8) is 0 Å². The Morgan fingerprint density at radius 3 is 3.13 bits per heavy atom. The number of hydrogen-bond donors (Lipinski definition) is 0. The maximum atomic E-state index is 5.84. The van der Waals surface area contributed by atoms with Gasteiger partial charge < -0.3 is 0 Å². The third-order valence-electron chi connectivity index (χ3n) is 2.07. The van der Waals surface area contributed by atoms with Crippen LogP contribution >= 0.6 is 34.7 Å². The Bertz CT molecular complexity index is 453. The van der Waals surface area contributed by atoms with E-state index in [2.05, 4.69) is 18.0 Å². The predicted molar refractivity (Wildman–Crippen MR) is 70.3 cm³/mol. The number of pyridine rings is 1. The van der Waals surface area contributed by atoms with Gasteiger partial charge in [-0.3, -0.25) is 0 Å². The lowest BCUT2D eigenvalue weighted by Gasteiger charge is -1.93. The van der Waals surface area contributed by atoms with E-state index in [4.69, 9.17) is 11.6 Å². The predicted octanol–water partition coefficient (Wildman–Crippen LogP) is 4.84. The maximum absolute atomic E-state index is 5.84. The second-order valence-electron chi connectivity index (χ2n) is 3.30. The van der Waals surface area contributed by atoms with Crippen molar-refractivity contribution < 1.29 is 0 Å². The van der Waals surface area contributed by atoms with Gasteiger partial charge in [0.1, 0.15) is 9.98 Å². The lowest BCUT2D eigenvalue weighted by Crippen LogP contribution is -1.73. The second kappa shape index (κ2) is 5.19. The molecule has 0 aliphatic rings. The molecule has 0 atom stereocenters. The molecule has 1 nitrogen and oxygen atoms in total. The molecule has 0 saturated heterocycles. The molecule has 0 saturated carbocycles. The first kappa shape index (κ1) is 11.2. The number of thiophene rings is 1. The Morgan fingerprint density at radius 1 is 1.47 bits per heavy atom. The largest absolute Gasteiger partial charge is 0.225 e. The summed E-state index contributed by atoms with van der Waals surface area (Å²) in [6.07, 6.45) is 2.52. The quantitative estimate of drug-likeness (QED) is 0.442. The third kappa shape index (κ3) is 2.86. The van der Waals surface area contributed by atoms with Crippen LogP contribution in [0.4, 0.5) is 0 Å². The number of thioether (sulfide) groups is 1. The van der Waals surface area contributed by atoms with E-state index >= 15 is 0 Å². The van der Waals surface area contributed by atoms with Crippen LogP contribution in [0.25, 0.3) is 10.2 Å². The molecule has 0 bridgehead atoms. The number of aromatic nitrogens is 1. The van der Waals surface area contributed by atoms with Crippen LogP contribution in [0.3, 0.4) is 0 Å². The highest BCUT2D eigenvalue weighted by Gasteiger charge is 2.03. The minimum atomic E-state index is 0.578. The molecule has 0 aliphatic heterocycles. The summed E-state index contributed by atoms with van der Waals surface area (Å²) >= 11 is 9.48. The molecule has 15 heavy (non-hydrogen) atoms. The van der Waals surface area contributed by atoms with Gasteiger partial charge in [-0.25, -0.2) is 4.98 Å². The number of unbranched alkanes of at least 4 members (excludes halogenated alkanes) is 1. The van der Waals surface area contributed by atoms with Gasteiger partial charge in [0, 0.05) is 5.39 Å². The minimum Gasteiger partial charge on any atom is -0.225 e. The van der Waals surface area contributed by atoms with Crippen LogP contribution in [0.2, 0.25) is 5.15 Å². The third-order valence-corrected chi connectivity index (χ3v) is 4.62. The van der Waals surface area contributed by atoms with E-state index in [9.17, 15) is 0 Å². The maximum Gasteiger partial charge on any atom is 0.130 e. The van der Waals surface area contributed by atoms with Crippen molar-refractivity contribution in [1.82, 2.24) is 4.98 Å². The fourth-order valence-corrected chi connectivity index (χ4v) is 3.79. The van der Waals surface area contributed by atoms with E-state index in [1.165, 1.54) is 28.2 Å². The zero-order valence-electron chi connectivity index (χ0n) is 8.50. The van der Waals surface area contributed by atoms with Crippen LogP contribution in [0.5, 0.6) is 0 Å². The van der Waals surface area contributed by atoms with Gasteiger partial charge in [0.25, 0.3) is 0 Å². The molecule has 0 unspecified atom stereocenters. The molecule has 2 aromatic rings. The Morgan fingerprint density at radius 2 is 2.33 bits per heavy atom. The Balaban J connectivity index is 2.16. The number of nitrogens with zero attached hydrogens (tertiary/aromatic N) is 1. The fourth-order valence-electron chi connectivity index (χ4n) is 1.26. The first-order valence-electron chi connectivity index (χ1n) is 4.98. The van der Waals surface area contributed by atoms with Crippen LogP contribution in [0, 0.1) is 0 Å². The van der Waals surface area contributed by atoms with E-state index in [-0.39, 0.29) is 0 Å². The molecule has 4 heteroatoms. The lowest BCUT2D eigenvalue weighted by molar-refractivity contribution is 0.896. The summed E-state index contributed by atoms with van der Waals surface area (Å²) in [6.45, 7) is 2.22. The van der Waals surface area contributed by atoms with Crippen LogP contribution in [0.15, 0.2) is 22.4 Å². The Hall–Kier alpha value is -0.250. The first-order chi connectivity index (χ1) is 7.29. The van der Waals surface area contributed by atoms with Gasteiger partial charge >= 0.3 is 0 Å². The molecule has 2 aromatic heterocycles. The molecular formula is C11H12ClNS2. The summed E-state index contributed by atoms with van der Waals surface area (Å²) < 4.78 is 1.34. The fraction of sp³-hybridized carbons (Fsp3) is 0.364. The van der Waals surface area contributed by atoms with Crippen LogP contribution in [0.1, 0.15) is 19.8 Å². The molecule has 0 fully saturated rings. The van der Waals surface area contributed by atoms with Crippen molar-refractivity contribution >= 4 is 44.9 Å². The van der Waals surface area contributed by atoms with Gasteiger partial charge in [-0.05, 0) is 30.4 Å². The van der Waals surface area contributed by atoms with Crippen molar-refractivity contribution in [2.75, 3.05) is 5.75 Å². The molecule has 2 rings (SSSR count). The highest BCUT2D eigenvalue weighted by molar-refractivity contribution is 8.01. The number of rotatable bonds is 4. The summed E-state index contributed by atoms with van der Waals surface area (Å²) in [5.41, 5.74) is 0. The van der Waals surface area contributed by atoms with Crippen molar-refractivity contribution in [1.29, 1.82) is 0 Å². The van der Waals surface area contributed by atoms with Crippen LogP contribution in [-0.4, -0.2) is 10.7 Å². The van der Waals surface area contributed by atoms with Crippen molar-refractivity contribution in [3.8, 4) is 0 Å².